The number of piperidine rings is 1. The van der Waals surface area contributed by atoms with Gasteiger partial charge in [-0.25, -0.2) is 14.4 Å². The van der Waals surface area contributed by atoms with Crippen molar-refractivity contribution in [3.05, 3.63) is 0 Å². The van der Waals surface area contributed by atoms with E-state index in [4.69, 9.17) is 10.2 Å². The van der Waals surface area contributed by atoms with Gasteiger partial charge in [-0.3, -0.25) is 0 Å². The lowest BCUT2D eigenvalue weighted by Crippen LogP contribution is -2.55. The molecule has 8 heteroatoms. The van der Waals surface area contributed by atoms with Crippen molar-refractivity contribution in [2.45, 2.75) is 37.8 Å². The van der Waals surface area contributed by atoms with Gasteiger partial charge in [-0.05, 0) is 19.3 Å². The van der Waals surface area contributed by atoms with E-state index in [0.717, 1.165) is 12.8 Å². The number of nitrogens with zero attached hydrogens (tertiary/aromatic N) is 1. The molecule has 0 aromatic heterocycles. The number of hydrogen-bond acceptors (Lipinski definition) is 5. The minimum atomic E-state index is -1.22. The van der Waals surface area contributed by atoms with Crippen LogP contribution in [0.2, 0.25) is 0 Å². The molecule has 1 aliphatic heterocycles. The van der Waals surface area contributed by atoms with E-state index < -0.39 is 30.1 Å². The van der Waals surface area contributed by atoms with Crippen LogP contribution >= 0.6 is 0 Å². The second-order valence-corrected chi connectivity index (χ2v) is 4.58. The number of aliphatic hydroxyl groups excluding tert-OH is 1. The molecule has 0 aromatic rings. The van der Waals surface area contributed by atoms with Crippen molar-refractivity contribution in [3.63, 3.8) is 0 Å². The maximum Gasteiger partial charge on any atom is 0.328 e. The molecule has 1 rings (SSSR count). The number of rotatable bonds is 5. The van der Waals surface area contributed by atoms with E-state index >= 15 is 0 Å². The Morgan fingerprint density at radius 3 is 2.65 bits per heavy atom. The van der Waals surface area contributed by atoms with Gasteiger partial charge in [0.1, 0.15) is 12.1 Å². The van der Waals surface area contributed by atoms with E-state index in [1.165, 1.54) is 12.0 Å². The molecule has 3 N–H and O–H groups in total. The predicted molar refractivity (Wildman–Crippen MR) is 68.0 cm³/mol. The molecule has 0 radical (unpaired) electrons. The molecule has 1 fully saturated rings. The van der Waals surface area contributed by atoms with E-state index in [-0.39, 0.29) is 13.0 Å². The van der Waals surface area contributed by atoms with E-state index in [1.54, 1.807) is 0 Å². The van der Waals surface area contributed by atoms with Crippen molar-refractivity contribution >= 4 is 18.0 Å². The fourth-order valence-corrected chi connectivity index (χ4v) is 2.17. The van der Waals surface area contributed by atoms with Gasteiger partial charge >= 0.3 is 18.0 Å². The van der Waals surface area contributed by atoms with Crippen LogP contribution in [0.25, 0.3) is 0 Å². The standard InChI is InChI=1S/C12H20N2O6/c1-20-11(18)9-4-2-3-6-14(9)12(19)13-8(5-7-15)10(16)17/h8-9,15H,2-7H2,1H3,(H,13,19)(H,16,17). The highest BCUT2D eigenvalue weighted by molar-refractivity contribution is 5.86. The molecule has 2 atom stereocenters. The molecule has 0 bridgehead atoms. The maximum atomic E-state index is 12.1. The second-order valence-electron chi connectivity index (χ2n) is 4.58. The van der Waals surface area contributed by atoms with Crippen molar-refractivity contribution in [1.82, 2.24) is 10.2 Å². The topological polar surface area (TPSA) is 116 Å². The number of hydrogen-bond donors (Lipinski definition) is 3. The highest BCUT2D eigenvalue weighted by atomic mass is 16.5. The molecule has 1 saturated heterocycles. The van der Waals surface area contributed by atoms with Gasteiger partial charge in [0.05, 0.1) is 7.11 Å². The van der Waals surface area contributed by atoms with Crippen LogP contribution in [-0.4, -0.2) is 65.4 Å². The number of carbonyl (C=O) groups is 3. The Kier molecular flexibility index (Phi) is 6.23. The van der Waals surface area contributed by atoms with Crippen molar-refractivity contribution in [2.75, 3.05) is 20.3 Å². The molecule has 2 amide bonds. The van der Waals surface area contributed by atoms with E-state index in [1.807, 2.05) is 0 Å². The molecule has 0 aliphatic carbocycles. The number of ether oxygens (including phenoxy) is 1. The Balaban J connectivity index is 2.71. The van der Waals surface area contributed by atoms with Crippen LogP contribution < -0.4 is 5.32 Å². The number of carboxylic acids is 1. The number of urea groups is 1. The number of aliphatic hydroxyl groups is 1. The molecular weight excluding hydrogens is 268 g/mol. The predicted octanol–water partition coefficient (Wildman–Crippen LogP) is -0.441. The maximum absolute atomic E-state index is 12.1. The number of amides is 2. The van der Waals surface area contributed by atoms with Crippen molar-refractivity contribution < 1.29 is 29.3 Å². The Labute approximate surface area is 116 Å². The zero-order valence-corrected chi connectivity index (χ0v) is 11.4. The summed E-state index contributed by atoms with van der Waals surface area (Å²) in [6, 6.07) is -2.48. The summed E-state index contributed by atoms with van der Waals surface area (Å²) in [5, 5.41) is 20.0. The highest BCUT2D eigenvalue weighted by Gasteiger charge is 2.34. The minimum Gasteiger partial charge on any atom is -0.480 e. The summed E-state index contributed by atoms with van der Waals surface area (Å²) in [5.74, 6) is -1.73. The van der Waals surface area contributed by atoms with Crippen molar-refractivity contribution in [1.29, 1.82) is 0 Å². The minimum absolute atomic E-state index is 0.0855. The Bertz CT molecular complexity index is 373. The second kappa shape index (κ2) is 7.68. The molecule has 20 heavy (non-hydrogen) atoms. The lowest BCUT2D eigenvalue weighted by molar-refractivity contribution is -0.146. The molecule has 0 spiro atoms. The summed E-state index contributed by atoms with van der Waals surface area (Å²) in [6.07, 6.45) is 1.97. The van der Waals surface area contributed by atoms with Crippen LogP contribution in [0.3, 0.4) is 0 Å². The number of nitrogens with one attached hydrogen (secondary N) is 1. The summed E-state index contributed by atoms with van der Waals surface area (Å²) in [7, 11) is 1.25. The molecule has 0 aromatic carbocycles. The van der Waals surface area contributed by atoms with Gasteiger partial charge in [-0.15, -0.1) is 0 Å². The van der Waals surface area contributed by atoms with Gasteiger partial charge < -0.3 is 25.2 Å². The van der Waals surface area contributed by atoms with E-state index in [2.05, 4.69) is 10.1 Å². The first-order valence-corrected chi connectivity index (χ1v) is 6.50. The summed E-state index contributed by atoms with van der Waals surface area (Å²) >= 11 is 0. The Hall–Kier alpha value is -1.83. The summed E-state index contributed by atoms with van der Waals surface area (Å²) < 4.78 is 4.65. The van der Waals surface area contributed by atoms with Gasteiger partial charge in [0, 0.05) is 19.6 Å². The number of likely N-dealkylation sites (tertiary alicyclic amines) is 1. The third-order valence-electron chi connectivity index (χ3n) is 3.25. The third kappa shape index (κ3) is 4.09. The van der Waals surface area contributed by atoms with Crippen LogP contribution in [0.5, 0.6) is 0 Å². The summed E-state index contributed by atoms with van der Waals surface area (Å²) in [6.45, 7) is 0.0226. The monoisotopic (exact) mass is 288 g/mol. The van der Waals surface area contributed by atoms with Crippen LogP contribution in [0.1, 0.15) is 25.7 Å². The molecule has 0 saturated carbocycles. The Morgan fingerprint density at radius 1 is 1.40 bits per heavy atom. The Morgan fingerprint density at radius 2 is 2.10 bits per heavy atom. The summed E-state index contributed by atoms with van der Waals surface area (Å²) in [5.41, 5.74) is 0. The fraction of sp³-hybridized carbons (Fsp3) is 0.750. The van der Waals surface area contributed by atoms with Gasteiger partial charge in [0.25, 0.3) is 0 Å². The third-order valence-corrected chi connectivity index (χ3v) is 3.25. The quantitative estimate of drug-likeness (QED) is 0.590. The number of carbonyl (C=O) groups excluding carboxylic acids is 2. The fourth-order valence-electron chi connectivity index (χ4n) is 2.17. The first kappa shape index (κ1) is 16.2. The molecule has 2 unspecified atom stereocenters. The van der Waals surface area contributed by atoms with Crippen LogP contribution in [0.4, 0.5) is 4.79 Å². The molecular formula is C12H20N2O6. The first-order valence-electron chi connectivity index (χ1n) is 6.50. The van der Waals surface area contributed by atoms with Gasteiger partial charge in [0.2, 0.25) is 0 Å². The normalized spacial score (nSPS) is 20.1. The molecule has 8 nitrogen and oxygen atoms in total. The lowest BCUT2D eigenvalue weighted by Gasteiger charge is -2.34. The molecule has 1 aliphatic rings. The van der Waals surface area contributed by atoms with E-state index in [0.29, 0.717) is 13.0 Å². The number of esters is 1. The molecule has 114 valence electrons. The first-order chi connectivity index (χ1) is 9.51. The number of carboxylic acid groups (broad SMARTS) is 1. The van der Waals surface area contributed by atoms with Crippen LogP contribution in [0, 0.1) is 0 Å². The van der Waals surface area contributed by atoms with Crippen LogP contribution in [-0.2, 0) is 14.3 Å². The van der Waals surface area contributed by atoms with Gasteiger partial charge in [-0.1, -0.05) is 0 Å². The molecule has 1 heterocycles. The van der Waals surface area contributed by atoms with Crippen molar-refractivity contribution in [3.8, 4) is 0 Å². The largest absolute Gasteiger partial charge is 0.480 e. The van der Waals surface area contributed by atoms with Crippen LogP contribution in [0.15, 0.2) is 0 Å². The number of aliphatic carboxylic acids is 1. The van der Waals surface area contributed by atoms with E-state index in [9.17, 15) is 14.4 Å². The van der Waals surface area contributed by atoms with Gasteiger partial charge in [-0.2, -0.15) is 0 Å². The number of methoxy groups -OCH3 is 1. The zero-order chi connectivity index (χ0) is 15.1. The van der Waals surface area contributed by atoms with Crippen molar-refractivity contribution in [2.24, 2.45) is 0 Å². The average molecular weight is 288 g/mol. The smallest absolute Gasteiger partial charge is 0.328 e. The van der Waals surface area contributed by atoms with Gasteiger partial charge in [0.15, 0.2) is 0 Å². The summed E-state index contributed by atoms with van der Waals surface area (Å²) in [4.78, 5) is 35.9. The lowest BCUT2D eigenvalue weighted by atomic mass is 10.0. The average Bonchev–Trinajstić information content (AvgIpc) is 2.45. The zero-order valence-electron chi connectivity index (χ0n) is 11.4. The highest BCUT2D eigenvalue weighted by Crippen LogP contribution is 2.18. The SMILES string of the molecule is COC(=O)C1CCCCN1C(=O)NC(CCO)C(=O)O.